The molecule has 0 aromatic rings. The highest BCUT2D eigenvalue weighted by molar-refractivity contribution is 5.73. The monoisotopic (exact) mass is 239 g/mol. The van der Waals surface area contributed by atoms with Crippen LogP contribution in [0.5, 0.6) is 0 Å². The summed E-state index contributed by atoms with van der Waals surface area (Å²) in [6.07, 6.45) is 0.601. The van der Waals surface area contributed by atoms with Crippen LogP contribution in [0.25, 0.3) is 0 Å². The molecule has 1 spiro atoms. The van der Waals surface area contributed by atoms with Crippen LogP contribution in [-0.4, -0.2) is 83.2 Å². The van der Waals surface area contributed by atoms with Crippen molar-refractivity contribution in [2.75, 3.05) is 39.8 Å². The number of hydrogen-bond acceptors (Lipinski definition) is 4. The van der Waals surface area contributed by atoms with Crippen LogP contribution in [0.3, 0.4) is 0 Å². The largest absolute Gasteiger partial charge is 0.392 e. The lowest BCUT2D eigenvalue weighted by atomic mass is 9.84. The van der Waals surface area contributed by atoms with Gasteiger partial charge in [-0.3, -0.25) is 9.69 Å². The normalized spacial score (nSPS) is 37.0. The molecule has 3 heterocycles. The van der Waals surface area contributed by atoms with Crippen LogP contribution in [0, 0.1) is 0 Å². The molecule has 3 saturated heterocycles. The van der Waals surface area contributed by atoms with E-state index in [0.29, 0.717) is 6.04 Å². The number of likely N-dealkylation sites (tertiary alicyclic amines) is 1. The Hall–Kier alpha value is -0.650. The SMILES string of the molecule is CC(=O)N1CC2CC(O)CN2C2(CN(C)C2)C1. The van der Waals surface area contributed by atoms with Crippen molar-refractivity contribution in [1.29, 1.82) is 0 Å². The maximum Gasteiger partial charge on any atom is 0.219 e. The number of hydrogen-bond donors (Lipinski definition) is 1. The van der Waals surface area contributed by atoms with Gasteiger partial charge in [0.15, 0.2) is 0 Å². The molecule has 1 N–H and O–H groups in total. The summed E-state index contributed by atoms with van der Waals surface area (Å²) in [5.41, 5.74) is 0.112. The number of carbonyl (C=O) groups is 1. The molecule has 5 nitrogen and oxygen atoms in total. The average Bonchev–Trinajstić information content (AvgIpc) is 2.56. The maximum absolute atomic E-state index is 11.6. The van der Waals surface area contributed by atoms with E-state index in [-0.39, 0.29) is 17.6 Å². The van der Waals surface area contributed by atoms with Crippen LogP contribution in [0.1, 0.15) is 13.3 Å². The van der Waals surface area contributed by atoms with E-state index in [2.05, 4.69) is 16.8 Å². The smallest absolute Gasteiger partial charge is 0.219 e. The Morgan fingerprint density at radius 2 is 2.00 bits per heavy atom. The van der Waals surface area contributed by atoms with E-state index in [4.69, 9.17) is 0 Å². The molecule has 0 bridgehead atoms. The van der Waals surface area contributed by atoms with Crippen LogP contribution in [0.4, 0.5) is 0 Å². The molecule has 0 aromatic carbocycles. The fraction of sp³-hybridized carbons (Fsp3) is 0.917. The fourth-order valence-electron chi connectivity index (χ4n) is 3.89. The van der Waals surface area contributed by atoms with Crippen LogP contribution in [0.2, 0.25) is 0 Å². The number of piperazine rings is 1. The van der Waals surface area contributed by atoms with Gasteiger partial charge in [-0.05, 0) is 13.5 Å². The van der Waals surface area contributed by atoms with Gasteiger partial charge in [0.25, 0.3) is 0 Å². The van der Waals surface area contributed by atoms with Crippen molar-refractivity contribution in [2.45, 2.75) is 31.0 Å². The van der Waals surface area contributed by atoms with E-state index in [1.807, 2.05) is 4.90 Å². The maximum atomic E-state index is 11.6. The Kier molecular flexibility index (Phi) is 2.47. The summed E-state index contributed by atoms with van der Waals surface area (Å²) in [6.45, 7) is 6.08. The van der Waals surface area contributed by atoms with E-state index in [1.54, 1.807) is 6.92 Å². The van der Waals surface area contributed by atoms with Gasteiger partial charge in [-0.1, -0.05) is 0 Å². The Morgan fingerprint density at radius 3 is 2.59 bits per heavy atom. The number of carbonyl (C=O) groups excluding carboxylic acids is 1. The second-order valence-corrected chi connectivity index (χ2v) is 5.99. The van der Waals surface area contributed by atoms with Gasteiger partial charge in [-0.15, -0.1) is 0 Å². The highest BCUT2D eigenvalue weighted by atomic mass is 16.3. The third-order valence-corrected chi connectivity index (χ3v) is 4.49. The summed E-state index contributed by atoms with van der Waals surface area (Å²) in [6, 6.07) is 0.358. The summed E-state index contributed by atoms with van der Waals surface area (Å²) in [7, 11) is 2.11. The molecule has 2 atom stereocenters. The third-order valence-electron chi connectivity index (χ3n) is 4.49. The number of amides is 1. The number of rotatable bonds is 0. The molecule has 3 fully saturated rings. The van der Waals surface area contributed by atoms with Gasteiger partial charge in [-0.25, -0.2) is 0 Å². The summed E-state index contributed by atoms with van der Waals surface area (Å²) < 4.78 is 0. The lowest BCUT2D eigenvalue weighted by Crippen LogP contribution is -2.77. The molecule has 5 heteroatoms. The molecule has 0 radical (unpaired) electrons. The molecule has 3 aliphatic heterocycles. The van der Waals surface area contributed by atoms with Crippen molar-refractivity contribution in [3.63, 3.8) is 0 Å². The molecule has 3 rings (SSSR count). The first-order valence-electron chi connectivity index (χ1n) is 6.39. The van der Waals surface area contributed by atoms with E-state index < -0.39 is 0 Å². The first kappa shape index (κ1) is 11.4. The highest BCUT2D eigenvalue weighted by Crippen LogP contribution is 2.38. The van der Waals surface area contributed by atoms with E-state index >= 15 is 0 Å². The number of likely N-dealkylation sites (N-methyl/N-ethyl adjacent to an activating group) is 1. The zero-order chi connectivity index (χ0) is 12.2. The zero-order valence-corrected chi connectivity index (χ0v) is 10.6. The Balaban J connectivity index is 1.83. The topological polar surface area (TPSA) is 47.0 Å². The fourth-order valence-corrected chi connectivity index (χ4v) is 3.89. The molecule has 17 heavy (non-hydrogen) atoms. The summed E-state index contributed by atoms with van der Waals surface area (Å²) in [5.74, 6) is 0.167. The second-order valence-electron chi connectivity index (χ2n) is 5.99. The minimum Gasteiger partial charge on any atom is -0.392 e. The minimum absolute atomic E-state index is 0.112. The highest BCUT2D eigenvalue weighted by Gasteiger charge is 2.55. The van der Waals surface area contributed by atoms with Crippen molar-refractivity contribution >= 4 is 5.91 Å². The van der Waals surface area contributed by atoms with Gasteiger partial charge >= 0.3 is 0 Å². The van der Waals surface area contributed by atoms with Crippen LogP contribution >= 0.6 is 0 Å². The first-order valence-corrected chi connectivity index (χ1v) is 6.39. The molecule has 0 aliphatic carbocycles. The zero-order valence-electron chi connectivity index (χ0n) is 10.6. The number of nitrogens with zero attached hydrogens (tertiary/aromatic N) is 3. The van der Waals surface area contributed by atoms with E-state index in [0.717, 1.165) is 39.1 Å². The molecular formula is C12H21N3O2. The van der Waals surface area contributed by atoms with Crippen LogP contribution in [-0.2, 0) is 4.79 Å². The van der Waals surface area contributed by atoms with Gasteiger partial charge in [0.2, 0.25) is 5.91 Å². The van der Waals surface area contributed by atoms with Crippen molar-refractivity contribution in [3.8, 4) is 0 Å². The molecular weight excluding hydrogens is 218 g/mol. The number of fused-ring (bicyclic) bond motifs is 2. The quantitative estimate of drug-likeness (QED) is 0.587. The number of aliphatic hydroxyl groups excluding tert-OH is 1. The summed E-state index contributed by atoms with van der Waals surface area (Å²) >= 11 is 0. The lowest BCUT2D eigenvalue weighted by Gasteiger charge is -2.60. The second kappa shape index (κ2) is 3.67. The molecule has 1 amide bonds. The predicted octanol–water partition coefficient (Wildman–Crippen LogP) is -1.03. The van der Waals surface area contributed by atoms with Crippen LogP contribution < -0.4 is 0 Å². The van der Waals surface area contributed by atoms with Crippen molar-refractivity contribution in [1.82, 2.24) is 14.7 Å². The van der Waals surface area contributed by atoms with E-state index in [9.17, 15) is 9.90 Å². The summed E-state index contributed by atoms with van der Waals surface area (Å²) in [5, 5.41) is 9.84. The third kappa shape index (κ3) is 1.68. The van der Waals surface area contributed by atoms with Crippen molar-refractivity contribution in [2.24, 2.45) is 0 Å². The Labute approximate surface area is 102 Å². The van der Waals surface area contributed by atoms with Gasteiger partial charge in [-0.2, -0.15) is 0 Å². The number of aliphatic hydroxyl groups is 1. The van der Waals surface area contributed by atoms with Gasteiger partial charge in [0.1, 0.15) is 0 Å². The van der Waals surface area contributed by atoms with Gasteiger partial charge < -0.3 is 14.9 Å². The first-order chi connectivity index (χ1) is 8.00. The lowest BCUT2D eigenvalue weighted by molar-refractivity contribution is -0.146. The molecule has 2 unspecified atom stereocenters. The minimum atomic E-state index is -0.213. The van der Waals surface area contributed by atoms with Crippen molar-refractivity contribution < 1.29 is 9.90 Å². The predicted molar refractivity (Wildman–Crippen MR) is 63.6 cm³/mol. The molecule has 0 saturated carbocycles. The number of β-amino-alcohol motifs (C(OH)–C–C–N with tert-alkyl or cyclic N) is 1. The van der Waals surface area contributed by atoms with E-state index in [1.165, 1.54) is 0 Å². The molecule has 0 aromatic heterocycles. The molecule has 3 aliphatic rings. The van der Waals surface area contributed by atoms with Gasteiger partial charge in [0, 0.05) is 45.7 Å². The van der Waals surface area contributed by atoms with Gasteiger partial charge in [0.05, 0.1) is 11.6 Å². The molecule has 96 valence electrons. The summed E-state index contributed by atoms with van der Waals surface area (Å²) in [4.78, 5) is 18.3. The average molecular weight is 239 g/mol. The Bertz CT molecular complexity index is 341. The van der Waals surface area contributed by atoms with Crippen molar-refractivity contribution in [3.05, 3.63) is 0 Å². The Morgan fingerprint density at radius 1 is 1.29 bits per heavy atom. The van der Waals surface area contributed by atoms with Crippen LogP contribution in [0.15, 0.2) is 0 Å². The standard InChI is InChI=1S/C12H21N3O2/c1-9(16)14-4-10-3-11(17)5-15(10)12(8-14)6-13(2)7-12/h10-11,17H,3-8H2,1-2H3.